The summed E-state index contributed by atoms with van der Waals surface area (Å²) in [5.41, 5.74) is 1.16. The van der Waals surface area contributed by atoms with E-state index in [0.717, 1.165) is 31.5 Å². The number of piperidine rings is 1. The minimum atomic E-state index is -0.367. The van der Waals surface area contributed by atoms with Crippen molar-refractivity contribution < 1.29 is 5.11 Å². The van der Waals surface area contributed by atoms with Crippen LogP contribution in [0, 0.1) is 18.3 Å². The molecule has 1 N–H and O–H groups in total. The van der Waals surface area contributed by atoms with E-state index < -0.39 is 0 Å². The molecule has 0 atom stereocenters. The van der Waals surface area contributed by atoms with Crippen LogP contribution >= 0.6 is 0 Å². The van der Waals surface area contributed by atoms with E-state index >= 15 is 0 Å². The Balaban J connectivity index is 2.42. The van der Waals surface area contributed by atoms with Crippen molar-refractivity contribution in [2.75, 3.05) is 13.1 Å². The van der Waals surface area contributed by atoms with Gasteiger partial charge in [-0.1, -0.05) is 19.8 Å². The first-order valence-electron chi connectivity index (χ1n) is 8.17. The van der Waals surface area contributed by atoms with Crippen molar-refractivity contribution in [1.82, 2.24) is 9.47 Å². The summed E-state index contributed by atoms with van der Waals surface area (Å²) in [7, 11) is 0. The summed E-state index contributed by atoms with van der Waals surface area (Å²) in [5.74, 6) is 0.0422. The molecule has 1 aliphatic rings. The monoisotopic (exact) mass is 303 g/mol. The fraction of sp³-hybridized carbons (Fsp3) is 0.647. The smallest absolute Gasteiger partial charge is 0.271 e. The molecule has 1 aromatic rings. The highest BCUT2D eigenvalue weighted by molar-refractivity contribution is 5.45. The quantitative estimate of drug-likeness (QED) is 0.907. The maximum Gasteiger partial charge on any atom is 0.271 e. The van der Waals surface area contributed by atoms with Gasteiger partial charge in [0.25, 0.3) is 5.56 Å². The first kappa shape index (κ1) is 16.6. The molecule has 1 aromatic heterocycles. The molecule has 0 aromatic carbocycles. The summed E-state index contributed by atoms with van der Waals surface area (Å²) in [6.45, 7) is 6.89. The molecule has 0 unspecified atom stereocenters. The standard InChI is InChI=1S/C17H25N3O2/c1-3-4-10-20-16(21)14(11-18)13(2)15(17(20)22)12-19-8-6-5-7-9-19/h22H,3-10,12H2,1-2H3. The average Bonchev–Trinajstić information content (AvgIpc) is 2.53. The first-order chi connectivity index (χ1) is 10.6. The average molecular weight is 303 g/mol. The fourth-order valence-corrected chi connectivity index (χ4v) is 3.06. The van der Waals surface area contributed by atoms with Crippen molar-refractivity contribution in [2.45, 2.75) is 59.0 Å². The van der Waals surface area contributed by atoms with Gasteiger partial charge in [-0.3, -0.25) is 14.3 Å². The molecular formula is C17H25N3O2. The minimum absolute atomic E-state index is 0.0422. The molecular weight excluding hydrogens is 278 g/mol. The van der Waals surface area contributed by atoms with Crippen molar-refractivity contribution in [3.63, 3.8) is 0 Å². The third-order valence-electron chi connectivity index (χ3n) is 4.49. The van der Waals surface area contributed by atoms with Crippen molar-refractivity contribution in [2.24, 2.45) is 0 Å². The van der Waals surface area contributed by atoms with Gasteiger partial charge in [0.1, 0.15) is 11.6 Å². The van der Waals surface area contributed by atoms with Gasteiger partial charge in [-0.2, -0.15) is 5.26 Å². The lowest BCUT2D eigenvalue weighted by molar-refractivity contribution is 0.216. The normalized spacial score (nSPS) is 15.7. The maximum atomic E-state index is 12.4. The highest BCUT2D eigenvalue weighted by Gasteiger charge is 2.21. The highest BCUT2D eigenvalue weighted by atomic mass is 16.3. The number of pyridine rings is 1. The number of nitriles is 1. The molecule has 120 valence electrons. The van der Waals surface area contributed by atoms with Crippen LogP contribution in [0.2, 0.25) is 0 Å². The van der Waals surface area contributed by atoms with Crippen LogP contribution in [0.1, 0.15) is 55.7 Å². The number of hydrogen-bond acceptors (Lipinski definition) is 4. The Morgan fingerprint density at radius 2 is 1.95 bits per heavy atom. The van der Waals surface area contributed by atoms with Crippen LogP contribution in [0.5, 0.6) is 5.88 Å². The van der Waals surface area contributed by atoms with Gasteiger partial charge in [0, 0.05) is 18.7 Å². The lowest BCUT2D eigenvalue weighted by atomic mass is 10.0. The maximum absolute atomic E-state index is 12.4. The second-order valence-electron chi connectivity index (χ2n) is 6.06. The molecule has 0 amide bonds. The van der Waals surface area contributed by atoms with Crippen LogP contribution in [0.15, 0.2) is 4.79 Å². The van der Waals surface area contributed by atoms with E-state index in [4.69, 9.17) is 0 Å². The molecule has 22 heavy (non-hydrogen) atoms. The third kappa shape index (κ3) is 3.33. The van der Waals surface area contributed by atoms with Gasteiger partial charge >= 0.3 is 0 Å². The zero-order valence-electron chi connectivity index (χ0n) is 13.6. The van der Waals surface area contributed by atoms with Gasteiger partial charge in [0.05, 0.1) is 0 Å². The second-order valence-corrected chi connectivity index (χ2v) is 6.06. The number of nitrogens with zero attached hydrogens (tertiary/aromatic N) is 3. The van der Waals surface area contributed by atoms with Crippen LogP contribution in [-0.2, 0) is 13.1 Å². The molecule has 1 aliphatic heterocycles. The number of aromatic nitrogens is 1. The molecule has 0 radical (unpaired) electrons. The van der Waals surface area contributed by atoms with Crippen molar-refractivity contribution >= 4 is 0 Å². The van der Waals surface area contributed by atoms with Gasteiger partial charge in [0.2, 0.25) is 0 Å². The Kier molecular flexibility index (Phi) is 5.62. The van der Waals surface area contributed by atoms with Crippen molar-refractivity contribution in [1.29, 1.82) is 5.26 Å². The van der Waals surface area contributed by atoms with E-state index in [0.29, 0.717) is 18.7 Å². The molecule has 1 fully saturated rings. The van der Waals surface area contributed by atoms with E-state index in [2.05, 4.69) is 4.90 Å². The highest BCUT2D eigenvalue weighted by Crippen LogP contribution is 2.25. The van der Waals surface area contributed by atoms with Crippen LogP contribution in [0.4, 0.5) is 0 Å². The lowest BCUT2D eigenvalue weighted by Gasteiger charge is -2.28. The van der Waals surface area contributed by atoms with Gasteiger partial charge in [0.15, 0.2) is 5.88 Å². The van der Waals surface area contributed by atoms with Crippen LogP contribution in [0.25, 0.3) is 0 Å². The van der Waals surface area contributed by atoms with E-state index in [1.807, 2.05) is 13.0 Å². The van der Waals surface area contributed by atoms with Gasteiger partial charge in [-0.25, -0.2) is 0 Å². The number of likely N-dealkylation sites (tertiary alicyclic amines) is 1. The Morgan fingerprint density at radius 3 is 2.55 bits per heavy atom. The number of hydrogen-bond donors (Lipinski definition) is 1. The Morgan fingerprint density at radius 1 is 1.27 bits per heavy atom. The molecule has 2 rings (SSSR count). The molecule has 1 saturated heterocycles. The van der Waals surface area contributed by atoms with Crippen molar-refractivity contribution in [3.05, 3.63) is 27.0 Å². The topological polar surface area (TPSA) is 69.3 Å². The molecule has 0 aliphatic carbocycles. The van der Waals surface area contributed by atoms with Crippen LogP contribution in [-0.4, -0.2) is 27.7 Å². The Labute approximate surface area is 131 Å². The van der Waals surface area contributed by atoms with Crippen LogP contribution < -0.4 is 5.56 Å². The molecule has 0 bridgehead atoms. The molecule has 0 spiro atoms. The number of aromatic hydroxyl groups is 1. The summed E-state index contributed by atoms with van der Waals surface area (Å²) >= 11 is 0. The number of unbranched alkanes of at least 4 members (excludes halogenated alkanes) is 1. The minimum Gasteiger partial charge on any atom is -0.494 e. The van der Waals surface area contributed by atoms with Crippen LogP contribution in [0.3, 0.4) is 0 Å². The second kappa shape index (κ2) is 7.46. The summed E-state index contributed by atoms with van der Waals surface area (Å²) in [6, 6.07) is 2.02. The molecule has 5 nitrogen and oxygen atoms in total. The van der Waals surface area contributed by atoms with E-state index in [1.165, 1.54) is 23.8 Å². The largest absolute Gasteiger partial charge is 0.494 e. The summed E-state index contributed by atoms with van der Waals surface area (Å²) < 4.78 is 1.37. The predicted molar refractivity (Wildman–Crippen MR) is 85.9 cm³/mol. The Hall–Kier alpha value is -1.80. The number of rotatable bonds is 5. The Bertz CT molecular complexity index is 622. The fourth-order valence-electron chi connectivity index (χ4n) is 3.06. The van der Waals surface area contributed by atoms with Gasteiger partial charge in [-0.05, 0) is 44.8 Å². The summed E-state index contributed by atoms with van der Waals surface area (Å²) in [6.07, 6.45) is 5.33. The van der Waals surface area contributed by atoms with Gasteiger partial charge in [-0.15, -0.1) is 0 Å². The third-order valence-corrected chi connectivity index (χ3v) is 4.49. The molecule has 0 saturated carbocycles. The molecule has 5 heteroatoms. The lowest BCUT2D eigenvalue weighted by Crippen LogP contribution is -2.32. The zero-order chi connectivity index (χ0) is 16.1. The zero-order valence-corrected chi connectivity index (χ0v) is 13.6. The first-order valence-corrected chi connectivity index (χ1v) is 8.17. The van der Waals surface area contributed by atoms with E-state index in [9.17, 15) is 15.2 Å². The van der Waals surface area contributed by atoms with E-state index in [-0.39, 0.29) is 17.0 Å². The van der Waals surface area contributed by atoms with E-state index in [1.54, 1.807) is 6.92 Å². The van der Waals surface area contributed by atoms with Crippen molar-refractivity contribution in [3.8, 4) is 11.9 Å². The molecule has 2 heterocycles. The summed E-state index contributed by atoms with van der Waals surface area (Å²) in [4.78, 5) is 14.7. The SMILES string of the molecule is CCCCn1c(O)c(CN2CCCCC2)c(C)c(C#N)c1=O. The predicted octanol–water partition coefficient (Wildman–Crippen LogP) is 2.52. The van der Waals surface area contributed by atoms with Gasteiger partial charge < -0.3 is 5.11 Å². The summed E-state index contributed by atoms with van der Waals surface area (Å²) in [5, 5.41) is 19.9.